The number of hydrogen-bond donors (Lipinski definition) is 1. The predicted octanol–water partition coefficient (Wildman–Crippen LogP) is 0.179. The molecule has 0 heterocycles. The van der Waals surface area contributed by atoms with Gasteiger partial charge in [-0.2, -0.15) is 0 Å². The summed E-state index contributed by atoms with van der Waals surface area (Å²) < 4.78 is 62.0. The van der Waals surface area contributed by atoms with E-state index in [1.54, 1.807) is 18.2 Å². The molecule has 120 valence electrons. The van der Waals surface area contributed by atoms with E-state index < -0.39 is 20.0 Å². The van der Waals surface area contributed by atoms with Gasteiger partial charge < -0.3 is 0 Å². The molecule has 0 aliphatic rings. The Bertz CT molecular complexity index is 674. The Morgan fingerprint density at radius 1 is 1.10 bits per heavy atom. The summed E-state index contributed by atoms with van der Waals surface area (Å²) >= 11 is 0. The number of sulfonamides is 2. The maximum absolute atomic E-state index is 13.5. The zero-order chi connectivity index (χ0) is 16.1. The molecule has 0 aliphatic heterocycles. The van der Waals surface area contributed by atoms with E-state index in [0.717, 1.165) is 16.8 Å². The van der Waals surface area contributed by atoms with Crippen LogP contribution in [0.5, 0.6) is 0 Å². The molecule has 0 amide bonds. The molecule has 0 radical (unpaired) electrons. The van der Waals surface area contributed by atoms with Gasteiger partial charge >= 0.3 is 0 Å². The lowest BCUT2D eigenvalue weighted by atomic mass is 10.1. The molecule has 1 N–H and O–H groups in total. The Labute approximate surface area is 125 Å². The molecule has 0 bridgehead atoms. The van der Waals surface area contributed by atoms with Gasteiger partial charge in [0.05, 0.1) is 12.5 Å². The Kier molecular flexibility index (Phi) is 6.26. The van der Waals surface area contributed by atoms with Crippen LogP contribution in [0.1, 0.15) is 5.56 Å². The molecule has 1 rings (SSSR count). The van der Waals surface area contributed by atoms with E-state index >= 15 is 0 Å². The highest BCUT2D eigenvalue weighted by molar-refractivity contribution is 7.88. The number of halogens is 1. The van der Waals surface area contributed by atoms with E-state index in [4.69, 9.17) is 0 Å². The van der Waals surface area contributed by atoms with E-state index in [2.05, 4.69) is 4.72 Å². The minimum Gasteiger partial charge on any atom is -0.214 e. The molecule has 0 aromatic heterocycles. The summed E-state index contributed by atoms with van der Waals surface area (Å²) in [5, 5.41) is 0. The van der Waals surface area contributed by atoms with E-state index in [9.17, 15) is 21.2 Å². The first kappa shape index (κ1) is 18.0. The fourth-order valence-corrected chi connectivity index (χ4v) is 3.05. The van der Waals surface area contributed by atoms with Crippen LogP contribution in [0, 0.1) is 5.82 Å². The third kappa shape index (κ3) is 6.98. The molecule has 21 heavy (non-hydrogen) atoms. The minimum atomic E-state index is -3.49. The molecule has 1 aromatic carbocycles. The Morgan fingerprint density at radius 3 is 2.24 bits per heavy atom. The second kappa shape index (κ2) is 7.30. The van der Waals surface area contributed by atoms with Crippen molar-refractivity contribution >= 4 is 20.0 Å². The summed E-state index contributed by atoms with van der Waals surface area (Å²) in [7, 11) is -6.86. The third-order valence-electron chi connectivity index (χ3n) is 2.78. The van der Waals surface area contributed by atoms with Crippen molar-refractivity contribution in [1.82, 2.24) is 9.03 Å². The van der Waals surface area contributed by atoms with Gasteiger partial charge in [0.1, 0.15) is 5.82 Å². The predicted molar refractivity (Wildman–Crippen MR) is 79.4 cm³/mol. The SMILES string of the molecule is CS(=O)(=O)NCCN(CCc1ccccc1F)S(C)(=O)=O. The van der Waals surface area contributed by atoms with Crippen molar-refractivity contribution < 1.29 is 21.2 Å². The highest BCUT2D eigenvalue weighted by atomic mass is 32.2. The molecule has 9 heteroatoms. The van der Waals surface area contributed by atoms with Gasteiger partial charge in [0, 0.05) is 19.6 Å². The van der Waals surface area contributed by atoms with Crippen molar-refractivity contribution in [2.24, 2.45) is 0 Å². The highest BCUT2D eigenvalue weighted by Gasteiger charge is 2.17. The first-order chi connectivity index (χ1) is 9.59. The van der Waals surface area contributed by atoms with Crippen LogP contribution in [0.4, 0.5) is 4.39 Å². The van der Waals surface area contributed by atoms with Gasteiger partial charge in [-0.3, -0.25) is 0 Å². The summed E-state index contributed by atoms with van der Waals surface area (Å²) in [6, 6.07) is 6.13. The Hall–Kier alpha value is -1.03. The van der Waals surface area contributed by atoms with Crippen molar-refractivity contribution in [3.05, 3.63) is 35.6 Å². The summed E-state index contributed by atoms with van der Waals surface area (Å²) in [4.78, 5) is 0. The topological polar surface area (TPSA) is 83.6 Å². The minimum absolute atomic E-state index is 0.000353. The number of hydrogen-bond acceptors (Lipinski definition) is 4. The standard InChI is InChI=1S/C12H19FN2O4S2/c1-20(16,17)14-8-10-15(21(2,18)19)9-7-11-5-3-4-6-12(11)13/h3-6,14H,7-10H2,1-2H3. The number of rotatable bonds is 8. The smallest absolute Gasteiger partial charge is 0.211 e. The third-order valence-corrected chi connectivity index (χ3v) is 4.81. The summed E-state index contributed by atoms with van der Waals surface area (Å²) in [5.41, 5.74) is 0.419. The average molecular weight is 338 g/mol. The second-order valence-electron chi connectivity index (χ2n) is 4.67. The summed E-state index contributed by atoms with van der Waals surface area (Å²) in [6.07, 6.45) is 2.25. The van der Waals surface area contributed by atoms with Gasteiger partial charge in [-0.05, 0) is 18.1 Å². The van der Waals surface area contributed by atoms with Crippen molar-refractivity contribution in [1.29, 1.82) is 0 Å². The molecule has 0 aliphatic carbocycles. The van der Waals surface area contributed by atoms with Crippen molar-refractivity contribution in [2.75, 3.05) is 32.1 Å². The molecule has 0 spiro atoms. The van der Waals surface area contributed by atoms with Gasteiger partial charge in [-0.25, -0.2) is 30.3 Å². The van der Waals surface area contributed by atoms with Crippen LogP contribution in [-0.2, 0) is 26.5 Å². The van der Waals surface area contributed by atoms with Crippen LogP contribution in [0.2, 0.25) is 0 Å². The zero-order valence-electron chi connectivity index (χ0n) is 11.9. The average Bonchev–Trinajstić information content (AvgIpc) is 2.32. The molecule has 6 nitrogen and oxygen atoms in total. The lowest BCUT2D eigenvalue weighted by Gasteiger charge is -2.20. The Balaban J connectivity index is 2.66. The quantitative estimate of drug-likeness (QED) is 0.733. The van der Waals surface area contributed by atoms with E-state index in [-0.39, 0.29) is 31.9 Å². The van der Waals surface area contributed by atoms with Gasteiger partial charge in [-0.1, -0.05) is 18.2 Å². The molecular weight excluding hydrogens is 319 g/mol. The molecule has 1 aromatic rings. The van der Waals surface area contributed by atoms with Gasteiger partial charge in [0.25, 0.3) is 0 Å². The maximum Gasteiger partial charge on any atom is 0.211 e. The molecular formula is C12H19FN2O4S2. The van der Waals surface area contributed by atoms with Gasteiger partial charge in [0.15, 0.2) is 0 Å². The molecule has 0 unspecified atom stereocenters. The number of benzene rings is 1. The van der Waals surface area contributed by atoms with Crippen LogP contribution in [0.25, 0.3) is 0 Å². The zero-order valence-corrected chi connectivity index (χ0v) is 13.5. The molecule has 0 saturated heterocycles. The summed E-state index contributed by atoms with van der Waals surface area (Å²) in [6.45, 7) is 0.0642. The lowest BCUT2D eigenvalue weighted by molar-refractivity contribution is 0.417. The van der Waals surface area contributed by atoms with E-state index in [1.165, 1.54) is 6.07 Å². The Morgan fingerprint density at radius 2 is 1.71 bits per heavy atom. The van der Waals surface area contributed by atoms with Crippen molar-refractivity contribution in [3.8, 4) is 0 Å². The van der Waals surface area contributed by atoms with Crippen molar-refractivity contribution in [2.45, 2.75) is 6.42 Å². The maximum atomic E-state index is 13.5. The lowest BCUT2D eigenvalue weighted by Crippen LogP contribution is -2.38. The first-order valence-electron chi connectivity index (χ1n) is 6.23. The number of nitrogens with one attached hydrogen (secondary N) is 1. The van der Waals surface area contributed by atoms with Gasteiger partial charge in [0.2, 0.25) is 20.0 Å². The molecule has 0 fully saturated rings. The van der Waals surface area contributed by atoms with Gasteiger partial charge in [-0.15, -0.1) is 0 Å². The largest absolute Gasteiger partial charge is 0.214 e. The molecule has 0 atom stereocenters. The monoisotopic (exact) mass is 338 g/mol. The summed E-state index contributed by atoms with van der Waals surface area (Å²) in [5.74, 6) is -0.389. The van der Waals surface area contributed by atoms with Crippen LogP contribution in [-0.4, -0.2) is 53.3 Å². The van der Waals surface area contributed by atoms with Crippen molar-refractivity contribution in [3.63, 3.8) is 0 Å². The fraction of sp³-hybridized carbons (Fsp3) is 0.500. The second-order valence-corrected chi connectivity index (χ2v) is 8.49. The van der Waals surface area contributed by atoms with E-state index in [1.807, 2.05) is 0 Å². The van der Waals surface area contributed by atoms with Crippen LogP contribution in [0.3, 0.4) is 0 Å². The first-order valence-corrected chi connectivity index (χ1v) is 9.97. The molecule has 0 saturated carbocycles. The van der Waals surface area contributed by atoms with Crippen LogP contribution >= 0.6 is 0 Å². The number of nitrogens with zero attached hydrogens (tertiary/aromatic N) is 1. The highest BCUT2D eigenvalue weighted by Crippen LogP contribution is 2.09. The van der Waals surface area contributed by atoms with Crippen LogP contribution in [0.15, 0.2) is 24.3 Å². The van der Waals surface area contributed by atoms with E-state index in [0.29, 0.717) is 5.56 Å². The fourth-order valence-electron chi connectivity index (χ4n) is 1.75. The van der Waals surface area contributed by atoms with Crippen LogP contribution < -0.4 is 4.72 Å². The normalized spacial score (nSPS) is 12.8.